The number of likely N-dealkylation sites (tertiary alicyclic amines) is 2. The van der Waals surface area contributed by atoms with Gasteiger partial charge in [0.15, 0.2) is 23.6 Å². The van der Waals surface area contributed by atoms with Crippen molar-refractivity contribution in [2.45, 2.75) is 106 Å². The minimum absolute atomic E-state index is 0.0690. The van der Waals surface area contributed by atoms with Crippen LogP contribution < -0.4 is 36.5 Å². The minimum atomic E-state index is -1.35. The molecule has 9 N–H and O–H groups in total. The zero-order valence-electron chi connectivity index (χ0n) is 31.4. The number of hydrogen-bond donors (Lipinski definition) is 8. The molecule has 1 aromatic carbocycles. The van der Waals surface area contributed by atoms with E-state index in [1.807, 2.05) is 19.2 Å². The fourth-order valence-corrected chi connectivity index (χ4v) is 9.13. The maximum atomic E-state index is 14.0. The topological polar surface area (TPSA) is 258 Å². The van der Waals surface area contributed by atoms with E-state index in [4.69, 9.17) is 30.5 Å². The van der Waals surface area contributed by atoms with Crippen LogP contribution in [-0.4, -0.2) is 132 Å². The number of hydrogen-bond acceptors (Lipinski definition) is 11. The first-order chi connectivity index (χ1) is 26.2. The van der Waals surface area contributed by atoms with E-state index in [1.54, 1.807) is 18.1 Å². The summed E-state index contributed by atoms with van der Waals surface area (Å²) in [5.41, 5.74) is 5.40. The third-order valence-electron chi connectivity index (χ3n) is 11.8. The molecule has 2 fully saturated rings. The lowest BCUT2D eigenvalue weighted by molar-refractivity contribution is -0.163. The van der Waals surface area contributed by atoms with Crippen molar-refractivity contribution in [3.05, 3.63) is 35.1 Å². The van der Waals surface area contributed by atoms with Gasteiger partial charge in [0.05, 0.1) is 24.2 Å². The van der Waals surface area contributed by atoms with Crippen LogP contribution in [0.5, 0.6) is 11.5 Å². The molecule has 3 aliphatic heterocycles. The lowest BCUT2D eigenvalue weighted by atomic mass is 9.50. The number of guanidine groups is 1. The normalized spacial score (nSPS) is 27.2. The van der Waals surface area contributed by atoms with Crippen LogP contribution in [0, 0.1) is 5.41 Å². The molecule has 7 atom stereocenters. The number of nitrogens with one attached hydrogen (secondary N) is 5. The second kappa shape index (κ2) is 15.9. The molecule has 2 aliphatic carbocycles. The van der Waals surface area contributed by atoms with Crippen molar-refractivity contribution in [1.29, 1.82) is 5.41 Å². The van der Waals surface area contributed by atoms with Gasteiger partial charge in [-0.25, -0.2) is 4.79 Å². The summed E-state index contributed by atoms with van der Waals surface area (Å²) < 4.78 is 18.5. The first-order valence-electron chi connectivity index (χ1n) is 18.9. The number of nitrogens with zero attached hydrogens (tertiary/aromatic N) is 2. The summed E-state index contributed by atoms with van der Waals surface area (Å²) in [7, 11) is 3.60. The average molecular weight is 769 g/mol. The van der Waals surface area contributed by atoms with E-state index >= 15 is 0 Å². The number of carboxylic acid groups (broad SMARTS) is 1. The number of carboxylic acids is 1. The molecule has 2 saturated heterocycles. The van der Waals surface area contributed by atoms with Gasteiger partial charge in [0.1, 0.15) is 24.3 Å². The number of likely N-dealkylation sites (N-methyl/N-ethyl adjacent to an activating group) is 1. The van der Waals surface area contributed by atoms with Crippen LogP contribution in [0.2, 0.25) is 0 Å². The number of carbonyl (C=O) groups is 5. The Hall–Kier alpha value is -5.10. The fourth-order valence-electron chi connectivity index (χ4n) is 9.13. The molecule has 2 bridgehead atoms. The molecule has 0 saturated carbocycles. The summed E-state index contributed by atoms with van der Waals surface area (Å²) in [5.74, 6) is -2.19. The number of nitrogens with two attached hydrogens (primary N) is 1. The van der Waals surface area contributed by atoms with Crippen LogP contribution in [0.25, 0.3) is 0 Å². The van der Waals surface area contributed by atoms with Gasteiger partial charge in [-0.3, -0.25) is 24.6 Å². The highest BCUT2D eigenvalue weighted by Crippen LogP contribution is 2.65. The number of rotatable bonds is 14. The first-order valence-corrected chi connectivity index (χ1v) is 18.9. The highest BCUT2D eigenvalue weighted by Gasteiger charge is 2.72. The van der Waals surface area contributed by atoms with E-state index in [1.165, 1.54) is 6.92 Å². The standard InChI is InChI=1S/C37H52N8O10/c1-20(42-27(46)18-28(47)48)32(49)43-23(8-6-14-40-34(38)39)33(50)41-19-22-7-4-5-15-45(22)35(51)54-25-11-12-37(52)26-17-21-9-10-24(53-3)30-29(21)36(37,31(25)55-30)13-16-44(26)2/h9-11,20,22-23,26,31,52H,4-8,12-19H2,1-3H3,(H,41,50)(H,42,46)(H,43,49)(H,47,48)(H4,38,39,40)/t20-,22?,23-,26+,31-,36-,37+/m0/s1. The predicted molar refractivity (Wildman–Crippen MR) is 196 cm³/mol. The highest BCUT2D eigenvalue weighted by atomic mass is 16.6. The van der Waals surface area contributed by atoms with Crippen LogP contribution in [0.15, 0.2) is 24.0 Å². The van der Waals surface area contributed by atoms with Crippen molar-refractivity contribution in [2.75, 3.05) is 40.3 Å². The largest absolute Gasteiger partial charge is 0.493 e. The Morgan fingerprint density at radius 1 is 1.13 bits per heavy atom. The Labute approximate surface area is 319 Å². The number of carbonyl (C=O) groups excluding carboxylic acids is 4. The minimum Gasteiger partial charge on any atom is -0.493 e. The Balaban J connectivity index is 1.14. The lowest BCUT2D eigenvalue weighted by Gasteiger charge is -2.61. The summed E-state index contributed by atoms with van der Waals surface area (Å²) >= 11 is 0. The number of ether oxygens (including phenoxy) is 3. The van der Waals surface area contributed by atoms with Crippen LogP contribution >= 0.6 is 0 Å². The molecule has 5 aliphatic rings. The number of amides is 4. The van der Waals surface area contributed by atoms with Gasteiger partial charge in [0, 0.05) is 37.7 Å². The van der Waals surface area contributed by atoms with Crippen LogP contribution in [-0.2, 0) is 35.8 Å². The van der Waals surface area contributed by atoms with Crippen molar-refractivity contribution in [2.24, 2.45) is 5.73 Å². The van der Waals surface area contributed by atoms with Gasteiger partial charge in [-0.2, -0.15) is 0 Å². The van der Waals surface area contributed by atoms with E-state index < -0.39 is 71.5 Å². The molecular formula is C37H52N8O10. The van der Waals surface area contributed by atoms with Gasteiger partial charge in [-0.1, -0.05) is 6.07 Å². The maximum Gasteiger partial charge on any atom is 0.415 e. The molecule has 0 aromatic heterocycles. The van der Waals surface area contributed by atoms with Crippen molar-refractivity contribution in [1.82, 2.24) is 31.1 Å². The van der Waals surface area contributed by atoms with Crippen LogP contribution in [0.3, 0.4) is 0 Å². The summed E-state index contributed by atoms with van der Waals surface area (Å²) in [6.45, 7) is 2.82. The van der Waals surface area contributed by atoms with Crippen LogP contribution in [0.1, 0.15) is 69.4 Å². The molecule has 55 heavy (non-hydrogen) atoms. The molecule has 18 heteroatoms. The summed E-state index contributed by atoms with van der Waals surface area (Å²) in [4.78, 5) is 67.2. The van der Waals surface area contributed by atoms with Gasteiger partial charge in [-0.15, -0.1) is 0 Å². The first kappa shape index (κ1) is 39.6. The maximum absolute atomic E-state index is 14.0. The second-order valence-corrected chi connectivity index (χ2v) is 15.1. The van der Waals surface area contributed by atoms with E-state index in [9.17, 15) is 29.1 Å². The van der Waals surface area contributed by atoms with Crippen molar-refractivity contribution >= 4 is 35.7 Å². The Bertz CT molecular complexity index is 1760. The average Bonchev–Trinajstić information content (AvgIpc) is 3.50. The molecule has 4 amide bonds. The van der Waals surface area contributed by atoms with Crippen molar-refractivity contribution < 1.29 is 48.4 Å². The van der Waals surface area contributed by atoms with Crippen molar-refractivity contribution in [3.8, 4) is 11.5 Å². The fraction of sp³-hybridized carbons (Fsp3) is 0.622. The van der Waals surface area contributed by atoms with E-state index in [0.29, 0.717) is 49.5 Å². The van der Waals surface area contributed by atoms with Gasteiger partial charge in [0.25, 0.3) is 0 Å². The molecule has 1 unspecified atom stereocenters. The molecule has 6 rings (SSSR count). The van der Waals surface area contributed by atoms with Gasteiger partial charge in [0.2, 0.25) is 17.7 Å². The summed E-state index contributed by atoms with van der Waals surface area (Å²) in [6.07, 6.45) is 3.78. The van der Waals surface area contributed by atoms with Crippen molar-refractivity contribution in [3.63, 3.8) is 0 Å². The SMILES string of the molecule is COc1ccc2c3c1O[C@H]1C(OC(=O)N4CCCCC4CNC(=O)[C@H](CCCNC(=N)N)NC(=O)[C@H](C)NC(=O)CC(=O)O)=CC[C@@]4(O)[C@@H](C2)N(C)CC[C@]314. The van der Waals surface area contributed by atoms with E-state index in [2.05, 4.69) is 26.2 Å². The quantitative estimate of drug-likeness (QED) is 0.0529. The summed E-state index contributed by atoms with van der Waals surface area (Å²) in [6, 6.07) is 1.17. The second-order valence-electron chi connectivity index (χ2n) is 15.1. The summed E-state index contributed by atoms with van der Waals surface area (Å²) in [5, 5.41) is 39.2. The third-order valence-corrected chi connectivity index (χ3v) is 11.8. The third kappa shape index (κ3) is 7.48. The molecule has 3 heterocycles. The predicted octanol–water partition coefficient (Wildman–Crippen LogP) is -0.192. The Morgan fingerprint density at radius 3 is 2.64 bits per heavy atom. The zero-order valence-corrected chi connectivity index (χ0v) is 31.4. The Kier molecular flexibility index (Phi) is 11.5. The molecule has 0 radical (unpaired) electrons. The smallest absolute Gasteiger partial charge is 0.415 e. The van der Waals surface area contributed by atoms with Gasteiger partial charge < -0.3 is 61.2 Å². The van der Waals surface area contributed by atoms with Gasteiger partial charge >= 0.3 is 12.1 Å². The lowest BCUT2D eigenvalue weighted by Crippen LogP contribution is -2.74. The molecule has 1 aromatic rings. The monoisotopic (exact) mass is 768 g/mol. The zero-order chi connectivity index (χ0) is 39.7. The number of aliphatic hydroxyl groups is 1. The number of methoxy groups -OCH3 is 1. The molecule has 1 spiro atoms. The Morgan fingerprint density at radius 2 is 1.91 bits per heavy atom. The number of benzene rings is 1. The van der Waals surface area contributed by atoms with E-state index in [0.717, 1.165) is 30.5 Å². The number of aliphatic carboxylic acids is 1. The highest BCUT2D eigenvalue weighted by molar-refractivity contribution is 5.96. The number of piperidine rings is 2. The molecule has 300 valence electrons. The molecule has 18 nitrogen and oxygen atoms in total. The van der Waals surface area contributed by atoms with Crippen LogP contribution in [0.4, 0.5) is 4.79 Å². The van der Waals surface area contributed by atoms with E-state index in [-0.39, 0.29) is 37.9 Å². The molecular weight excluding hydrogens is 716 g/mol. The van der Waals surface area contributed by atoms with Gasteiger partial charge in [-0.05, 0) is 83.2 Å².